The fourth-order valence-electron chi connectivity index (χ4n) is 3.49. The van der Waals surface area contributed by atoms with Gasteiger partial charge in [-0.2, -0.15) is 5.10 Å². The smallest absolute Gasteiger partial charge is 0.261 e. The molecule has 2 heterocycles. The Bertz CT molecular complexity index is 1040. The van der Waals surface area contributed by atoms with E-state index in [-0.39, 0.29) is 36.7 Å². The molecule has 152 valence electrons. The van der Waals surface area contributed by atoms with E-state index >= 15 is 0 Å². The number of aromatic nitrogens is 3. The van der Waals surface area contributed by atoms with Gasteiger partial charge >= 0.3 is 0 Å². The molecule has 0 fully saturated rings. The summed E-state index contributed by atoms with van der Waals surface area (Å²) in [4.78, 5) is 42.2. The van der Waals surface area contributed by atoms with Crippen LogP contribution in [0.5, 0.6) is 0 Å². The molecule has 3 aromatic rings. The van der Waals surface area contributed by atoms with Gasteiger partial charge in [0.2, 0.25) is 5.91 Å². The molecule has 0 unspecified atom stereocenters. The molecule has 1 aromatic heterocycles. The van der Waals surface area contributed by atoms with Crippen molar-refractivity contribution in [2.24, 2.45) is 0 Å². The molecular weight excluding hydrogens is 382 g/mol. The van der Waals surface area contributed by atoms with E-state index in [1.54, 1.807) is 35.3 Å². The Labute approximate surface area is 173 Å². The lowest BCUT2D eigenvalue weighted by molar-refractivity contribution is -0.121. The van der Waals surface area contributed by atoms with Crippen LogP contribution in [0.1, 0.15) is 52.1 Å². The number of hydrogen-bond donors (Lipinski definition) is 1. The monoisotopic (exact) mass is 403 g/mol. The number of nitrogens with zero attached hydrogens (tertiary/aromatic N) is 4. The van der Waals surface area contributed by atoms with Crippen molar-refractivity contribution < 1.29 is 14.4 Å². The Morgan fingerprint density at radius 3 is 2.30 bits per heavy atom. The fraction of sp³-hybridized carbons (Fsp3) is 0.227. The van der Waals surface area contributed by atoms with E-state index in [1.165, 1.54) is 11.2 Å². The lowest BCUT2D eigenvalue weighted by Crippen LogP contribution is -2.32. The van der Waals surface area contributed by atoms with Gasteiger partial charge in [-0.25, -0.2) is 9.67 Å². The van der Waals surface area contributed by atoms with Crippen molar-refractivity contribution in [3.05, 3.63) is 77.9 Å². The zero-order valence-electron chi connectivity index (χ0n) is 16.5. The van der Waals surface area contributed by atoms with Crippen LogP contribution in [0, 0.1) is 0 Å². The Morgan fingerprint density at radius 1 is 1.03 bits per heavy atom. The van der Waals surface area contributed by atoms with Crippen LogP contribution in [0.2, 0.25) is 0 Å². The van der Waals surface area contributed by atoms with Gasteiger partial charge in [0, 0.05) is 13.0 Å². The van der Waals surface area contributed by atoms with Crippen LogP contribution in [0.15, 0.2) is 61.2 Å². The van der Waals surface area contributed by atoms with Crippen molar-refractivity contribution in [3.8, 4) is 5.69 Å². The molecular formula is C22H21N5O3. The summed E-state index contributed by atoms with van der Waals surface area (Å²) in [6.45, 7) is 2.13. The van der Waals surface area contributed by atoms with Gasteiger partial charge in [0.05, 0.1) is 22.9 Å². The standard InChI is InChI=1S/C22H21N5O3/c1-15(16-8-10-17(11-9-16)27-14-23-13-24-27)25-20(28)7-4-12-26-21(29)18-5-2-3-6-19(18)22(26)30/h2-3,5-6,8-11,13-15H,4,7,12H2,1H3,(H,25,28)/t15-/m0/s1. The number of carbonyl (C=O) groups excluding carboxylic acids is 3. The third kappa shape index (κ3) is 3.84. The lowest BCUT2D eigenvalue weighted by Gasteiger charge is -2.16. The van der Waals surface area contributed by atoms with Crippen LogP contribution in [0.25, 0.3) is 5.69 Å². The van der Waals surface area contributed by atoms with Gasteiger partial charge in [-0.3, -0.25) is 19.3 Å². The number of rotatable bonds is 7. The molecule has 0 saturated heterocycles. The molecule has 4 rings (SSSR count). The van der Waals surface area contributed by atoms with E-state index in [0.717, 1.165) is 11.3 Å². The van der Waals surface area contributed by atoms with Crippen LogP contribution in [0.4, 0.5) is 0 Å². The highest BCUT2D eigenvalue weighted by Crippen LogP contribution is 2.22. The Morgan fingerprint density at radius 2 is 1.70 bits per heavy atom. The lowest BCUT2D eigenvalue weighted by atomic mass is 10.1. The Kier molecular flexibility index (Phi) is 5.38. The molecule has 0 radical (unpaired) electrons. The van der Waals surface area contributed by atoms with Gasteiger partial charge in [0.25, 0.3) is 11.8 Å². The molecule has 2 aromatic carbocycles. The second-order valence-electron chi connectivity index (χ2n) is 7.13. The highest BCUT2D eigenvalue weighted by molar-refractivity contribution is 6.21. The first-order valence-corrected chi connectivity index (χ1v) is 9.74. The minimum Gasteiger partial charge on any atom is -0.350 e. The summed E-state index contributed by atoms with van der Waals surface area (Å²) in [7, 11) is 0. The molecule has 30 heavy (non-hydrogen) atoms. The number of imide groups is 1. The predicted molar refractivity (Wildman–Crippen MR) is 109 cm³/mol. The topological polar surface area (TPSA) is 97.2 Å². The van der Waals surface area contributed by atoms with Crippen molar-refractivity contribution in [2.45, 2.75) is 25.8 Å². The molecule has 0 bridgehead atoms. The molecule has 1 aliphatic heterocycles. The summed E-state index contributed by atoms with van der Waals surface area (Å²) in [6, 6.07) is 14.3. The first kappa shape index (κ1) is 19.5. The minimum absolute atomic E-state index is 0.125. The average molecular weight is 403 g/mol. The highest BCUT2D eigenvalue weighted by Gasteiger charge is 2.34. The van der Waals surface area contributed by atoms with E-state index in [9.17, 15) is 14.4 Å². The van der Waals surface area contributed by atoms with Gasteiger partial charge in [-0.15, -0.1) is 0 Å². The van der Waals surface area contributed by atoms with Gasteiger partial charge < -0.3 is 5.32 Å². The Hall–Kier alpha value is -3.81. The second-order valence-corrected chi connectivity index (χ2v) is 7.13. The van der Waals surface area contributed by atoms with E-state index in [2.05, 4.69) is 15.4 Å². The van der Waals surface area contributed by atoms with E-state index in [4.69, 9.17) is 0 Å². The van der Waals surface area contributed by atoms with Gasteiger partial charge in [-0.05, 0) is 43.2 Å². The average Bonchev–Trinajstić information content (AvgIpc) is 3.38. The number of amides is 3. The largest absolute Gasteiger partial charge is 0.350 e. The van der Waals surface area contributed by atoms with Crippen molar-refractivity contribution in [1.82, 2.24) is 25.0 Å². The van der Waals surface area contributed by atoms with Gasteiger partial charge in [-0.1, -0.05) is 24.3 Å². The molecule has 1 atom stereocenters. The molecule has 0 saturated carbocycles. The van der Waals surface area contributed by atoms with E-state index in [1.807, 2.05) is 31.2 Å². The normalized spacial score (nSPS) is 14.0. The maximum atomic E-state index is 12.4. The van der Waals surface area contributed by atoms with Crippen LogP contribution in [-0.4, -0.2) is 43.9 Å². The SMILES string of the molecule is C[C@H](NC(=O)CCCN1C(=O)c2ccccc2C1=O)c1ccc(-n2cncn2)cc1. The Balaban J connectivity index is 1.27. The summed E-state index contributed by atoms with van der Waals surface area (Å²) in [5, 5.41) is 7.04. The molecule has 1 aliphatic rings. The van der Waals surface area contributed by atoms with Gasteiger partial charge in [0.15, 0.2) is 0 Å². The quantitative estimate of drug-likeness (QED) is 0.612. The van der Waals surface area contributed by atoms with Crippen LogP contribution >= 0.6 is 0 Å². The molecule has 1 N–H and O–H groups in total. The third-order valence-electron chi connectivity index (χ3n) is 5.12. The summed E-state index contributed by atoms with van der Waals surface area (Å²) in [5.74, 6) is -0.715. The van der Waals surface area contributed by atoms with Crippen molar-refractivity contribution in [2.75, 3.05) is 6.54 Å². The van der Waals surface area contributed by atoms with Crippen molar-refractivity contribution in [1.29, 1.82) is 0 Å². The summed E-state index contributed by atoms with van der Waals surface area (Å²) >= 11 is 0. The summed E-state index contributed by atoms with van der Waals surface area (Å²) < 4.78 is 1.66. The van der Waals surface area contributed by atoms with Gasteiger partial charge in [0.1, 0.15) is 12.7 Å². The maximum Gasteiger partial charge on any atom is 0.261 e. The molecule has 8 heteroatoms. The zero-order chi connectivity index (χ0) is 21.1. The fourth-order valence-corrected chi connectivity index (χ4v) is 3.49. The first-order valence-electron chi connectivity index (χ1n) is 9.74. The molecule has 0 aliphatic carbocycles. The van der Waals surface area contributed by atoms with E-state index < -0.39 is 0 Å². The van der Waals surface area contributed by atoms with Crippen LogP contribution < -0.4 is 5.32 Å². The molecule has 8 nitrogen and oxygen atoms in total. The third-order valence-corrected chi connectivity index (χ3v) is 5.12. The van der Waals surface area contributed by atoms with Crippen molar-refractivity contribution >= 4 is 17.7 Å². The molecule has 3 amide bonds. The number of benzene rings is 2. The van der Waals surface area contributed by atoms with E-state index in [0.29, 0.717) is 17.5 Å². The van der Waals surface area contributed by atoms with Crippen LogP contribution in [-0.2, 0) is 4.79 Å². The highest BCUT2D eigenvalue weighted by atomic mass is 16.2. The number of nitrogens with one attached hydrogen (secondary N) is 1. The zero-order valence-corrected chi connectivity index (χ0v) is 16.5. The number of carbonyl (C=O) groups is 3. The number of hydrogen-bond acceptors (Lipinski definition) is 5. The first-order chi connectivity index (χ1) is 14.5. The maximum absolute atomic E-state index is 12.4. The number of fused-ring (bicyclic) bond motifs is 1. The van der Waals surface area contributed by atoms with Crippen LogP contribution in [0.3, 0.4) is 0 Å². The molecule has 0 spiro atoms. The summed E-state index contributed by atoms with van der Waals surface area (Å²) in [5.41, 5.74) is 2.70. The predicted octanol–water partition coefficient (Wildman–Crippen LogP) is 2.52. The minimum atomic E-state index is -0.295. The summed E-state index contributed by atoms with van der Waals surface area (Å²) in [6.07, 6.45) is 3.73. The second kappa shape index (κ2) is 8.28. The van der Waals surface area contributed by atoms with Crippen molar-refractivity contribution in [3.63, 3.8) is 0 Å².